The first kappa shape index (κ1) is 26.0. The number of ether oxygens (including phenoxy) is 2. The average Bonchev–Trinajstić information content (AvgIpc) is 3.50. The Morgan fingerprint density at radius 1 is 1.13 bits per heavy atom. The number of anilines is 1. The number of Topliss-reactive ketones (excluding diaryl/α,β-unsaturated/α-hetero) is 1. The summed E-state index contributed by atoms with van der Waals surface area (Å²) in [5, 5.41) is 11.9. The molecule has 10 heteroatoms. The van der Waals surface area contributed by atoms with Crippen LogP contribution in [0.2, 0.25) is 5.02 Å². The molecule has 0 radical (unpaired) electrons. The van der Waals surface area contributed by atoms with E-state index in [2.05, 4.69) is 4.98 Å². The molecule has 4 aromatic rings. The first-order chi connectivity index (χ1) is 18.8. The molecule has 5 rings (SSSR count). The Labute approximate surface area is 228 Å². The SMILES string of the molecule is CCCOC(=O)c1ccc(N2C(=O)C(O)=C(C(=O)c3cc4cc(Cl)cc(OC)c4o3)C2c2ccccn2)cc1. The van der Waals surface area contributed by atoms with Crippen molar-refractivity contribution >= 4 is 45.9 Å². The number of rotatable bonds is 8. The van der Waals surface area contributed by atoms with E-state index in [0.29, 0.717) is 45.1 Å². The van der Waals surface area contributed by atoms with Gasteiger partial charge in [0, 0.05) is 28.4 Å². The monoisotopic (exact) mass is 546 g/mol. The molecule has 1 amide bonds. The summed E-state index contributed by atoms with van der Waals surface area (Å²) >= 11 is 6.16. The number of aliphatic hydroxyl groups excluding tert-OH is 1. The quantitative estimate of drug-likeness (QED) is 0.216. The predicted molar refractivity (Wildman–Crippen MR) is 143 cm³/mol. The van der Waals surface area contributed by atoms with E-state index >= 15 is 0 Å². The van der Waals surface area contributed by atoms with Gasteiger partial charge in [0.1, 0.15) is 6.04 Å². The van der Waals surface area contributed by atoms with Crippen molar-refractivity contribution in [3.05, 3.63) is 100 Å². The van der Waals surface area contributed by atoms with E-state index in [1.807, 2.05) is 6.92 Å². The van der Waals surface area contributed by atoms with Crippen LogP contribution < -0.4 is 9.64 Å². The number of hydrogen-bond acceptors (Lipinski definition) is 8. The number of aliphatic hydroxyl groups is 1. The summed E-state index contributed by atoms with van der Waals surface area (Å²) in [4.78, 5) is 45.1. The van der Waals surface area contributed by atoms with E-state index in [-0.39, 0.29) is 17.9 Å². The van der Waals surface area contributed by atoms with Crippen LogP contribution in [0, 0.1) is 0 Å². The summed E-state index contributed by atoms with van der Waals surface area (Å²) in [5.74, 6) is -2.50. The first-order valence-corrected chi connectivity index (χ1v) is 12.5. The molecule has 1 aliphatic heterocycles. The Balaban J connectivity index is 1.57. The molecular weight excluding hydrogens is 524 g/mol. The normalized spacial score (nSPS) is 15.2. The maximum atomic E-state index is 13.8. The van der Waals surface area contributed by atoms with Crippen LogP contribution in [0.25, 0.3) is 11.0 Å². The highest BCUT2D eigenvalue weighted by Crippen LogP contribution is 2.42. The van der Waals surface area contributed by atoms with E-state index in [1.54, 1.807) is 42.5 Å². The predicted octanol–water partition coefficient (Wildman–Crippen LogP) is 5.84. The Bertz CT molecular complexity index is 1610. The molecule has 1 unspecified atom stereocenters. The zero-order chi connectivity index (χ0) is 27.7. The highest BCUT2D eigenvalue weighted by molar-refractivity contribution is 6.31. The van der Waals surface area contributed by atoms with E-state index in [0.717, 1.165) is 0 Å². The number of benzene rings is 2. The van der Waals surface area contributed by atoms with Crippen molar-refractivity contribution in [3.63, 3.8) is 0 Å². The zero-order valence-corrected chi connectivity index (χ0v) is 21.8. The van der Waals surface area contributed by atoms with Gasteiger partial charge < -0.3 is 19.0 Å². The van der Waals surface area contributed by atoms with E-state index in [1.165, 1.54) is 36.4 Å². The van der Waals surface area contributed by atoms with Gasteiger partial charge in [-0.15, -0.1) is 0 Å². The van der Waals surface area contributed by atoms with Gasteiger partial charge in [0.05, 0.1) is 30.5 Å². The molecule has 0 aliphatic carbocycles. The minimum Gasteiger partial charge on any atom is -0.503 e. The van der Waals surface area contributed by atoms with Gasteiger partial charge in [-0.1, -0.05) is 24.6 Å². The van der Waals surface area contributed by atoms with Crippen molar-refractivity contribution in [3.8, 4) is 5.75 Å². The summed E-state index contributed by atoms with van der Waals surface area (Å²) in [7, 11) is 1.45. The number of furan rings is 1. The highest BCUT2D eigenvalue weighted by Gasteiger charge is 2.46. The molecular formula is C29H23ClN2O7. The molecule has 39 heavy (non-hydrogen) atoms. The lowest BCUT2D eigenvalue weighted by Crippen LogP contribution is -2.31. The van der Waals surface area contributed by atoms with Crippen LogP contribution in [-0.4, -0.2) is 41.5 Å². The standard InChI is InChI=1S/C29H23ClN2O7/c1-3-12-38-29(36)16-7-9-19(10-8-16)32-24(20-6-4-5-11-31-20)23(26(34)28(32)35)25(33)21-14-17-13-18(30)15-22(37-2)27(17)39-21/h4-11,13-15,24,34H,3,12H2,1-2H3. The number of esters is 1. The topological polar surface area (TPSA) is 119 Å². The van der Waals surface area contributed by atoms with Crippen LogP contribution in [0.1, 0.15) is 46.0 Å². The maximum Gasteiger partial charge on any atom is 0.338 e. The molecule has 1 aliphatic rings. The third-order valence-corrected chi connectivity index (χ3v) is 6.45. The van der Waals surface area contributed by atoms with Crippen molar-refractivity contribution in [1.82, 2.24) is 4.98 Å². The van der Waals surface area contributed by atoms with Crippen molar-refractivity contribution in [1.29, 1.82) is 0 Å². The number of hydrogen-bond donors (Lipinski definition) is 1. The number of ketones is 1. The van der Waals surface area contributed by atoms with Crippen molar-refractivity contribution in [2.24, 2.45) is 0 Å². The number of amides is 1. The van der Waals surface area contributed by atoms with Gasteiger partial charge in [0.15, 0.2) is 22.9 Å². The number of fused-ring (bicyclic) bond motifs is 1. The van der Waals surface area contributed by atoms with Crippen molar-refractivity contribution < 1.29 is 33.4 Å². The van der Waals surface area contributed by atoms with E-state index < -0.39 is 29.5 Å². The molecule has 0 fully saturated rings. The summed E-state index contributed by atoms with van der Waals surface area (Å²) in [5.41, 5.74) is 1.09. The summed E-state index contributed by atoms with van der Waals surface area (Å²) < 4.78 is 16.3. The Morgan fingerprint density at radius 2 is 1.90 bits per heavy atom. The second-order valence-corrected chi connectivity index (χ2v) is 9.18. The summed E-state index contributed by atoms with van der Waals surface area (Å²) in [6, 6.07) is 14.8. The molecule has 1 N–H and O–H groups in total. The minimum atomic E-state index is -1.07. The first-order valence-electron chi connectivity index (χ1n) is 12.1. The Morgan fingerprint density at radius 3 is 2.56 bits per heavy atom. The van der Waals surface area contributed by atoms with Crippen LogP contribution in [-0.2, 0) is 9.53 Å². The zero-order valence-electron chi connectivity index (χ0n) is 21.0. The van der Waals surface area contributed by atoms with Gasteiger partial charge >= 0.3 is 5.97 Å². The van der Waals surface area contributed by atoms with Crippen LogP contribution in [0.15, 0.2) is 82.6 Å². The van der Waals surface area contributed by atoms with Crippen molar-refractivity contribution in [2.45, 2.75) is 19.4 Å². The van der Waals surface area contributed by atoms with E-state index in [9.17, 15) is 19.5 Å². The van der Waals surface area contributed by atoms with Gasteiger partial charge in [-0.25, -0.2) is 4.79 Å². The molecule has 0 saturated heterocycles. The molecule has 0 bridgehead atoms. The number of nitrogens with zero attached hydrogens (tertiary/aromatic N) is 2. The lowest BCUT2D eigenvalue weighted by atomic mass is 9.98. The third-order valence-electron chi connectivity index (χ3n) is 6.23. The van der Waals surface area contributed by atoms with Crippen LogP contribution in [0.3, 0.4) is 0 Å². The lowest BCUT2D eigenvalue weighted by Gasteiger charge is -2.26. The van der Waals surface area contributed by atoms with Crippen LogP contribution in [0.5, 0.6) is 5.75 Å². The molecule has 0 spiro atoms. The fourth-order valence-electron chi connectivity index (χ4n) is 4.44. The molecule has 9 nitrogen and oxygen atoms in total. The molecule has 198 valence electrons. The fraction of sp³-hybridized carbons (Fsp3) is 0.172. The number of methoxy groups -OCH3 is 1. The Hall–Kier alpha value is -4.63. The second kappa shape index (κ2) is 10.6. The largest absolute Gasteiger partial charge is 0.503 e. The third kappa shape index (κ3) is 4.72. The molecule has 0 saturated carbocycles. The van der Waals surface area contributed by atoms with Crippen LogP contribution >= 0.6 is 11.6 Å². The van der Waals surface area contributed by atoms with Gasteiger partial charge in [-0.3, -0.25) is 19.5 Å². The number of carbonyl (C=O) groups is 3. The van der Waals surface area contributed by atoms with E-state index in [4.69, 9.17) is 25.5 Å². The molecule has 2 aromatic heterocycles. The number of carbonyl (C=O) groups excluding carboxylic acids is 3. The molecule has 1 atom stereocenters. The summed E-state index contributed by atoms with van der Waals surface area (Å²) in [6.45, 7) is 2.18. The number of pyridine rings is 1. The number of aromatic nitrogens is 1. The fourth-order valence-corrected chi connectivity index (χ4v) is 4.66. The minimum absolute atomic E-state index is 0.114. The lowest BCUT2D eigenvalue weighted by molar-refractivity contribution is -0.117. The maximum absolute atomic E-state index is 13.8. The molecule has 3 heterocycles. The average molecular weight is 547 g/mol. The number of halogens is 1. The smallest absolute Gasteiger partial charge is 0.338 e. The van der Waals surface area contributed by atoms with Crippen LogP contribution in [0.4, 0.5) is 5.69 Å². The summed E-state index contributed by atoms with van der Waals surface area (Å²) in [6.07, 6.45) is 2.21. The Kier molecular flexibility index (Phi) is 7.08. The van der Waals surface area contributed by atoms with Gasteiger partial charge in [-0.2, -0.15) is 0 Å². The highest BCUT2D eigenvalue weighted by atomic mass is 35.5. The molecule has 2 aromatic carbocycles. The van der Waals surface area contributed by atoms with Gasteiger partial charge in [0.2, 0.25) is 5.78 Å². The van der Waals surface area contributed by atoms with Crippen molar-refractivity contribution in [2.75, 3.05) is 18.6 Å². The second-order valence-electron chi connectivity index (χ2n) is 8.74. The van der Waals surface area contributed by atoms with Gasteiger partial charge in [-0.05, 0) is 55.0 Å². The van der Waals surface area contributed by atoms with Gasteiger partial charge in [0.25, 0.3) is 5.91 Å².